The molecule has 3 aromatic rings. The normalized spacial score (nSPS) is 10.4. The Bertz CT molecular complexity index is 782. The lowest BCUT2D eigenvalue weighted by Crippen LogP contribution is -2.03. The van der Waals surface area contributed by atoms with Crippen LogP contribution in [-0.4, -0.2) is 20.6 Å². The van der Waals surface area contributed by atoms with Crippen LogP contribution in [-0.2, 0) is 11.2 Å². The molecule has 5 heteroatoms. The van der Waals surface area contributed by atoms with Crippen LogP contribution in [0.15, 0.2) is 67.1 Å². The minimum atomic E-state index is -0.900. The van der Waals surface area contributed by atoms with E-state index in [0.717, 1.165) is 5.69 Å². The fourth-order valence-corrected chi connectivity index (χ4v) is 2.17. The van der Waals surface area contributed by atoms with E-state index >= 15 is 0 Å². The van der Waals surface area contributed by atoms with E-state index in [1.165, 1.54) is 0 Å². The van der Waals surface area contributed by atoms with Crippen molar-refractivity contribution in [1.82, 2.24) is 9.55 Å². The SMILES string of the molecule is O=C(O)Cc1ccccc1Oc1ncccc1-n1cccc1. The van der Waals surface area contributed by atoms with E-state index in [4.69, 9.17) is 9.84 Å². The molecule has 2 heterocycles. The van der Waals surface area contributed by atoms with Gasteiger partial charge in [0.2, 0.25) is 5.88 Å². The predicted molar refractivity (Wildman–Crippen MR) is 81.4 cm³/mol. The first-order valence-corrected chi connectivity index (χ1v) is 6.80. The molecule has 0 saturated heterocycles. The predicted octanol–water partition coefficient (Wildman–Crippen LogP) is 3.29. The number of benzene rings is 1. The Morgan fingerprint density at radius 2 is 1.86 bits per heavy atom. The molecule has 1 N–H and O–H groups in total. The number of carboxylic acids is 1. The fraction of sp³-hybridized carbons (Fsp3) is 0.0588. The van der Waals surface area contributed by atoms with E-state index in [2.05, 4.69) is 4.98 Å². The van der Waals surface area contributed by atoms with Crippen LogP contribution in [0, 0.1) is 0 Å². The van der Waals surface area contributed by atoms with Crippen LogP contribution in [0.3, 0.4) is 0 Å². The standard InChI is InChI=1S/C17H14N2O3/c20-16(21)12-13-6-1-2-8-15(13)22-17-14(7-5-9-18-17)19-10-3-4-11-19/h1-11H,12H2,(H,20,21). The number of carbonyl (C=O) groups is 1. The summed E-state index contributed by atoms with van der Waals surface area (Å²) < 4.78 is 7.76. The molecule has 0 saturated carbocycles. The van der Waals surface area contributed by atoms with Gasteiger partial charge in [-0.15, -0.1) is 0 Å². The van der Waals surface area contributed by atoms with Gasteiger partial charge in [-0.25, -0.2) is 4.98 Å². The summed E-state index contributed by atoms with van der Waals surface area (Å²) in [6.07, 6.45) is 5.34. The second-order valence-corrected chi connectivity index (χ2v) is 4.70. The summed E-state index contributed by atoms with van der Waals surface area (Å²) in [4.78, 5) is 15.2. The van der Waals surface area contributed by atoms with Gasteiger partial charge in [-0.3, -0.25) is 4.79 Å². The Balaban J connectivity index is 1.96. The summed E-state index contributed by atoms with van der Waals surface area (Å²) in [6.45, 7) is 0. The molecule has 22 heavy (non-hydrogen) atoms. The molecule has 0 fully saturated rings. The number of rotatable bonds is 5. The zero-order chi connectivity index (χ0) is 15.4. The number of ether oxygens (including phenoxy) is 1. The second-order valence-electron chi connectivity index (χ2n) is 4.70. The first kappa shape index (κ1) is 13.9. The van der Waals surface area contributed by atoms with E-state index in [1.54, 1.807) is 30.5 Å². The Morgan fingerprint density at radius 3 is 2.64 bits per heavy atom. The molecule has 2 aromatic heterocycles. The van der Waals surface area contributed by atoms with Crippen molar-refractivity contribution in [2.75, 3.05) is 0 Å². The topological polar surface area (TPSA) is 64.3 Å². The zero-order valence-electron chi connectivity index (χ0n) is 11.7. The number of hydrogen-bond acceptors (Lipinski definition) is 3. The van der Waals surface area contributed by atoms with Crippen LogP contribution >= 0.6 is 0 Å². The van der Waals surface area contributed by atoms with Crippen molar-refractivity contribution in [3.63, 3.8) is 0 Å². The van der Waals surface area contributed by atoms with Crippen LogP contribution in [0.25, 0.3) is 5.69 Å². The van der Waals surface area contributed by atoms with Gasteiger partial charge in [0.1, 0.15) is 11.4 Å². The first-order chi connectivity index (χ1) is 10.7. The molecule has 0 aliphatic carbocycles. The lowest BCUT2D eigenvalue weighted by atomic mass is 10.1. The van der Waals surface area contributed by atoms with Crippen molar-refractivity contribution in [1.29, 1.82) is 0 Å². The molecule has 0 atom stereocenters. The number of para-hydroxylation sites is 1. The highest BCUT2D eigenvalue weighted by atomic mass is 16.5. The number of nitrogens with zero attached hydrogens (tertiary/aromatic N) is 2. The molecule has 1 aromatic carbocycles. The van der Waals surface area contributed by atoms with Gasteiger partial charge in [-0.2, -0.15) is 0 Å². The van der Waals surface area contributed by atoms with E-state index in [9.17, 15) is 4.79 Å². The smallest absolute Gasteiger partial charge is 0.307 e. The summed E-state index contributed by atoms with van der Waals surface area (Å²) in [6, 6.07) is 14.6. The second kappa shape index (κ2) is 6.13. The molecule has 3 rings (SSSR count). The maximum atomic E-state index is 11.0. The van der Waals surface area contributed by atoms with Crippen LogP contribution in [0.1, 0.15) is 5.56 Å². The third kappa shape index (κ3) is 2.98. The van der Waals surface area contributed by atoms with Crippen molar-refractivity contribution in [3.05, 3.63) is 72.7 Å². The summed E-state index contributed by atoms with van der Waals surface area (Å²) in [5.74, 6) is 0.0243. The number of aliphatic carboxylic acids is 1. The summed E-state index contributed by atoms with van der Waals surface area (Å²) >= 11 is 0. The largest absolute Gasteiger partial charge is 0.481 e. The third-order valence-corrected chi connectivity index (χ3v) is 3.15. The average molecular weight is 294 g/mol. The van der Waals surface area contributed by atoms with Crippen LogP contribution in [0.5, 0.6) is 11.6 Å². The molecule has 0 unspecified atom stereocenters. The highest BCUT2D eigenvalue weighted by molar-refractivity contribution is 5.71. The highest BCUT2D eigenvalue weighted by Crippen LogP contribution is 2.28. The van der Waals surface area contributed by atoms with E-state index in [0.29, 0.717) is 17.2 Å². The molecule has 0 radical (unpaired) electrons. The molecule has 0 spiro atoms. The molecule has 0 bridgehead atoms. The molecule has 0 amide bonds. The molecule has 0 aliphatic heterocycles. The van der Waals surface area contributed by atoms with Gasteiger partial charge in [-0.05, 0) is 30.3 Å². The van der Waals surface area contributed by atoms with Gasteiger partial charge in [-0.1, -0.05) is 18.2 Å². The van der Waals surface area contributed by atoms with Crippen molar-refractivity contribution < 1.29 is 14.6 Å². The average Bonchev–Trinajstić information content (AvgIpc) is 3.03. The molecule has 110 valence electrons. The quantitative estimate of drug-likeness (QED) is 0.784. The van der Waals surface area contributed by atoms with E-state index < -0.39 is 5.97 Å². The minimum absolute atomic E-state index is 0.0954. The maximum absolute atomic E-state index is 11.0. The molecular weight excluding hydrogens is 280 g/mol. The van der Waals surface area contributed by atoms with Gasteiger partial charge in [0, 0.05) is 24.2 Å². The fourth-order valence-electron chi connectivity index (χ4n) is 2.17. The van der Waals surface area contributed by atoms with Crippen molar-refractivity contribution in [3.8, 4) is 17.3 Å². The molecule has 0 aliphatic rings. The number of aromatic nitrogens is 2. The minimum Gasteiger partial charge on any atom is -0.481 e. The number of pyridine rings is 1. The maximum Gasteiger partial charge on any atom is 0.307 e. The van der Waals surface area contributed by atoms with Crippen LogP contribution < -0.4 is 4.74 Å². The molecule has 5 nitrogen and oxygen atoms in total. The van der Waals surface area contributed by atoms with Gasteiger partial charge in [0.15, 0.2) is 0 Å². The van der Waals surface area contributed by atoms with Gasteiger partial charge in [0.25, 0.3) is 0 Å². The Hall–Kier alpha value is -3.08. The van der Waals surface area contributed by atoms with Gasteiger partial charge >= 0.3 is 5.97 Å². The van der Waals surface area contributed by atoms with Crippen molar-refractivity contribution in [2.24, 2.45) is 0 Å². The Labute approximate surface area is 127 Å². The van der Waals surface area contributed by atoms with Gasteiger partial charge < -0.3 is 14.4 Å². The monoisotopic (exact) mass is 294 g/mol. The Morgan fingerprint density at radius 1 is 1.09 bits per heavy atom. The van der Waals surface area contributed by atoms with Gasteiger partial charge in [0.05, 0.1) is 6.42 Å². The summed E-state index contributed by atoms with van der Waals surface area (Å²) in [7, 11) is 0. The van der Waals surface area contributed by atoms with Crippen LogP contribution in [0.4, 0.5) is 0 Å². The zero-order valence-corrected chi connectivity index (χ0v) is 11.7. The third-order valence-electron chi connectivity index (χ3n) is 3.15. The van der Waals surface area contributed by atoms with Crippen molar-refractivity contribution >= 4 is 5.97 Å². The van der Waals surface area contributed by atoms with Crippen LogP contribution in [0.2, 0.25) is 0 Å². The van der Waals surface area contributed by atoms with E-state index in [-0.39, 0.29) is 6.42 Å². The summed E-state index contributed by atoms with van der Waals surface area (Å²) in [5.41, 5.74) is 1.40. The number of carboxylic acid groups (broad SMARTS) is 1. The highest BCUT2D eigenvalue weighted by Gasteiger charge is 2.12. The van der Waals surface area contributed by atoms with E-state index in [1.807, 2.05) is 41.2 Å². The molecular formula is C17H14N2O3. The first-order valence-electron chi connectivity index (χ1n) is 6.80. The lowest BCUT2D eigenvalue weighted by Gasteiger charge is -2.12. The van der Waals surface area contributed by atoms with Crippen molar-refractivity contribution in [2.45, 2.75) is 6.42 Å². The number of hydrogen-bond donors (Lipinski definition) is 1. The summed E-state index contributed by atoms with van der Waals surface area (Å²) in [5, 5.41) is 8.99. The Kier molecular flexibility index (Phi) is 3.87. The lowest BCUT2D eigenvalue weighted by molar-refractivity contribution is -0.136.